The maximum atomic E-state index is 3.05. The minimum Gasteiger partial charge on any atom is -0.126 e. The molecule has 1 fully saturated rings. The lowest BCUT2D eigenvalue weighted by Gasteiger charge is -2.23. The van der Waals surface area contributed by atoms with E-state index in [4.69, 9.17) is 0 Å². The van der Waals surface area contributed by atoms with Crippen molar-refractivity contribution in [3.63, 3.8) is 0 Å². The van der Waals surface area contributed by atoms with Crippen LogP contribution < -0.4 is 0 Å². The van der Waals surface area contributed by atoms with Crippen LogP contribution in [0.3, 0.4) is 0 Å². The molecule has 1 aliphatic carbocycles. The van der Waals surface area contributed by atoms with Gasteiger partial charge in [0.05, 0.1) is 0 Å². The molecule has 0 aromatic heterocycles. The van der Waals surface area contributed by atoms with E-state index in [1.54, 1.807) is 0 Å². The third kappa shape index (κ3) is 1.41. The van der Waals surface area contributed by atoms with Crippen LogP contribution in [0.15, 0.2) is 30.3 Å². The third-order valence-electron chi connectivity index (χ3n) is 2.84. The average Bonchev–Trinajstić information content (AvgIpc) is 2.55. The van der Waals surface area contributed by atoms with Gasteiger partial charge in [-0.1, -0.05) is 43.2 Å². The molecule has 2 rings (SSSR count). The fourth-order valence-corrected chi connectivity index (χ4v) is 2.67. The average molecular weight is 178 g/mol. The summed E-state index contributed by atoms with van der Waals surface area (Å²) in [6.45, 7) is 0. The Hall–Kier alpha value is -0.350. The number of benzene rings is 1. The smallest absolute Gasteiger partial charge is 0.00975 e. The molecule has 0 amide bonds. The zero-order valence-electron chi connectivity index (χ0n) is 7.29. The van der Waals surface area contributed by atoms with Gasteiger partial charge in [0.15, 0.2) is 0 Å². The van der Waals surface area contributed by atoms with Crippen LogP contribution in [0, 0.1) is 0 Å². The Bertz CT molecular complexity index is 247. The summed E-state index contributed by atoms with van der Waals surface area (Å²) in [6, 6.07) is 10.9. The second-order valence-corrected chi connectivity index (χ2v) is 4.83. The largest absolute Gasteiger partial charge is 0.126 e. The SMILES string of the molecule is PC1(c2ccccc2)CCCC1. The summed E-state index contributed by atoms with van der Waals surface area (Å²) in [5.74, 6) is 0. The fourth-order valence-electron chi connectivity index (χ4n) is 2.06. The van der Waals surface area contributed by atoms with E-state index in [-0.39, 0.29) is 0 Å². The molecule has 0 N–H and O–H groups in total. The Balaban J connectivity index is 2.29. The van der Waals surface area contributed by atoms with Gasteiger partial charge in [-0.05, 0) is 18.4 Å². The van der Waals surface area contributed by atoms with Crippen molar-refractivity contribution in [3.05, 3.63) is 35.9 Å². The molecular weight excluding hydrogens is 163 g/mol. The van der Waals surface area contributed by atoms with Crippen molar-refractivity contribution < 1.29 is 0 Å². The Morgan fingerprint density at radius 2 is 1.58 bits per heavy atom. The van der Waals surface area contributed by atoms with Gasteiger partial charge in [0.1, 0.15) is 0 Å². The monoisotopic (exact) mass is 178 g/mol. The van der Waals surface area contributed by atoms with E-state index in [1.165, 1.54) is 31.2 Å². The molecule has 0 radical (unpaired) electrons. The van der Waals surface area contributed by atoms with Crippen LogP contribution >= 0.6 is 9.24 Å². The van der Waals surface area contributed by atoms with Gasteiger partial charge in [-0.15, -0.1) is 9.24 Å². The Morgan fingerprint density at radius 3 is 2.17 bits per heavy atom. The van der Waals surface area contributed by atoms with Gasteiger partial charge in [0.25, 0.3) is 0 Å². The van der Waals surface area contributed by atoms with Crippen LogP contribution in [0.1, 0.15) is 31.2 Å². The number of rotatable bonds is 1. The molecule has 1 aliphatic rings. The molecule has 1 heteroatoms. The highest BCUT2D eigenvalue weighted by molar-refractivity contribution is 7.18. The van der Waals surface area contributed by atoms with Crippen LogP contribution in [0.5, 0.6) is 0 Å². The lowest BCUT2D eigenvalue weighted by Crippen LogP contribution is -2.11. The molecule has 64 valence electrons. The van der Waals surface area contributed by atoms with Crippen LogP contribution in [-0.2, 0) is 5.16 Å². The lowest BCUT2D eigenvalue weighted by atomic mass is 9.97. The molecule has 1 unspecified atom stereocenters. The predicted molar refractivity (Wildman–Crippen MR) is 56.3 cm³/mol. The first-order chi connectivity index (χ1) is 5.81. The first-order valence-electron chi connectivity index (χ1n) is 4.66. The molecule has 1 saturated carbocycles. The van der Waals surface area contributed by atoms with Crippen molar-refractivity contribution in [2.24, 2.45) is 0 Å². The summed E-state index contributed by atoms with van der Waals surface area (Å²) in [6.07, 6.45) is 5.44. The van der Waals surface area contributed by atoms with E-state index in [1.807, 2.05) is 0 Å². The van der Waals surface area contributed by atoms with Crippen molar-refractivity contribution in [2.75, 3.05) is 0 Å². The van der Waals surface area contributed by atoms with Crippen molar-refractivity contribution in [2.45, 2.75) is 30.8 Å². The zero-order chi connectivity index (χ0) is 8.44. The van der Waals surface area contributed by atoms with Crippen molar-refractivity contribution in [1.29, 1.82) is 0 Å². The molecule has 1 aromatic carbocycles. The van der Waals surface area contributed by atoms with E-state index >= 15 is 0 Å². The van der Waals surface area contributed by atoms with Crippen molar-refractivity contribution >= 4 is 9.24 Å². The summed E-state index contributed by atoms with van der Waals surface area (Å²) >= 11 is 0. The maximum Gasteiger partial charge on any atom is 0.00975 e. The van der Waals surface area contributed by atoms with E-state index in [9.17, 15) is 0 Å². The second-order valence-electron chi connectivity index (χ2n) is 3.73. The number of hydrogen-bond acceptors (Lipinski definition) is 0. The molecule has 0 saturated heterocycles. The summed E-state index contributed by atoms with van der Waals surface area (Å²) < 4.78 is 0. The summed E-state index contributed by atoms with van der Waals surface area (Å²) in [7, 11) is 3.05. The third-order valence-corrected chi connectivity index (χ3v) is 3.76. The van der Waals surface area contributed by atoms with Gasteiger partial charge in [0.2, 0.25) is 0 Å². The topological polar surface area (TPSA) is 0 Å². The Labute approximate surface area is 76.6 Å². The highest BCUT2D eigenvalue weighted by Gasteiger charge is 2.30. The van der Waals surface area contributed by atoms with Crippen LogP contribution in [0.2, 0.25) is 0 Å². The molecule has 0 bridgehead atoms. The highest BCUT2D eigenvalue weighted by Crippen LogP contribution is 2.46. The molecule has 0 spiro atoms. The summed E-state index contributed by atoms with van der Waals surface area (Å²) in [5, 5.41) is 0.404. The van der Waals surface area contributed by atoms with E-state index in [0.717, 1.165) is 0 Å². The Kier molecular flexibility index (Phi) is 2.19. The van der Waals surface area contributed by atoms with Gasteiger partial charge in [-0.2, -0.15) is 0 Å². The van der Waals surface area contributed by atoms with Gasteiger partial charge in [-0.3, -0.25) is 0 Å². The summed E-state index contributed by atoms with van der Waals surface area (Å²) in [5.41, 5.74) is 1.49. The van der Waals surface area contributed by atoms with E-state index < -0.39 is 0 Å². The van der Waals surface area contributed by atoms with Crippen LogP contribution in [-0.4, -0.2) is 0 Å². The molecule has 0 heterocycles. The van der Waals surface area contributed by atoms with Gasteiger partial charge in [0, 0.05) is 5.16 Å². The fraction of sp³-hybridized carbons (Fsp3) is 0.455. The molecule has 0 nitrogen and oxygen atoms in total. The number of hydrogen-bond donors (Lipinski definition) is 0. The molecule has 12 heavy (non-hydrogen) atoms. The minimum absolute atomic E-state index is 0.404. The van der Waals surface area contributed by atoms with Crippen molar-refractivity contribution in [3.8, 4) is 0 Å². The van der Waals surface area contributed by atoms with E-state index in [0.29, 0.717) is 5.16 Å². The lowest BCUT2D eigenvalue weighted by molar-refractivity contribution is 0.652. The second kappa shape index (κ2) is 3.18. The molecule has 1 atom stereocenters. The maximum absolute atomic E-state index is 3.05. The Morgan fingerprint density at radius 1 is 1.00 bits per heavy atom. The standard InChI is InChI=1S/C11H15P/c12-11(8-4-5-9-11)10-6-2-1-3-7-10/h1-3,6-7H,4-5,8-9,12H2. The zero-order valence-corrected chi connectivity index (χ0v) is 8.45. The van der Waals surface area contributed by atoms with Crippen LogP contribution in [0.25, 0.3) is 0 Å². The summed E-state index contributed by atoms with van der Waals surface area (Å²) in [4.78, 5) is 0. The quantitative estimate of drug-likeness (QED) is 0.578. The van der Waals surface area contributed by atoms with Gasteiger partial charge in [-0.25, -0.2) is 0 Å². The van der Waals surface area contributed by atoms with Crippen LogP contribution in [0.4, 0.5) is 0 Å². The van der Waals surface area contributed by atoms with E-state index in [2.05, 4.69) is 39.6 Å². The molecule has 1 aromatic rings. The van der Waals surface area contributed by atoms with Gasteiger partial charge >= 0.3 is 0 Å². The normalized spacial score (nSPS) is 21.1. The molecule has 0 aliphatic heterocycles. The minimum atomic E-state index is 0.404. The predicted octanol–water partition coefficient (Wildman–Crippen LogP) is 3.33. The first-order valence-corrected chi connectivity index (χ1v) is 5.23. The van der Waals surface area contributed by atoms with Gasteiger partial charge < -0.3 is 0 Å². The van der Waals surface area contributed by atoms with Crippen molar-refractivity contribution in [1.82, 2.24) is 0 Å². The molecular formula is C11H15P. The first kappa shape index (κ1) is 8.26. The highest BCUT2D eigenvalue weighted by atomic mass is 31.0.